The molecule has 1 saturated heterocycles. The summed E-state index contributed by atoms with van der Waals surface area (Å²) in [6.45, 7) is 5.03. The first-order valence-corrected chi connectivity index (χ1v) is 5.41. The van der Waals surface area contributed by atoms with Crippen molar-refractivity contribution in [2.75, 3.05) is 6.61 Å². The summed E-state index contributed by atoms with van der Waals surface area (Å²) >= 11 is 12.0. The number of rotatable bonds is 2. The lowest BCUT2D eigenvalue weighted by Crippen LogP contribution is -2.17. The molecule has 1 aliphatic heterocycles. The molecule has 2 rings (SSSR count). The zero-order chi connectivity index (χ0) is 10.3. The Labute approximate surface area is 94.0 Å². The largest absolute Gasteiger partial charge is 0.364 e. The fourth-order valence-electron chi connectivity index (χ4n) is 1.71. The van der Waals surface area contributed by atoms with E-state index in [2.05, 4.69) is 13.8 Å². The molecule has 0 aromatic heterocycles. The number of hydrogen-bond acceptors (Lipinski definition) is 1. The average molecular weight is 231 g/mol. The minimum absolute atomic E-state index is 0.165. The highest BCUT2D eigenvalue weighted by molar-refractivity contribution is 6.35. The van der Waals surface area contributed by atoms with E-state index in [0.717, 1.165) is 12.2 Å². The van der Waals surface area contributed by atoms with Crippen LogP contribution in [0.25, 0.3) is 0 Å². The van der Waals surface area contributed by atoms with E-state index in [4.69, 9.17) is 27.9 Å². The lowest BCUT2D eigenvalue weighted by molar-refractivity contribution is 0.243. The molecule has 0 bridgehead atoms. The first kappa shape index (κ1) is 10.3. The molecule has 1 aromatic carbocycles. The molecule has 1 heterocycles. The predicted octanol–water partition coefficient (Wildman–Crippen LogP) is 3.87. The fraction of sp³-hybridized carbons (Fsp3) is 0.455. The maximum absolute atomic E-state index is 6.13. The van der Waals surface area contributed by atoms with Crippen molar-refractivity contribution in [3.05, 3.63) is 33.8 Å². The lowest BCUT2D eigenvalue weighted by atomic mass is 9.89. The second-order valence-corrected chi connectivity index (χ2v) is 4.80. The van der Waals surface area contributed by atoms with E-state index in [1.807, 2.05) is 12.1 Å². The van der Waals surface area contributed by atoms with Gasteiger partial charge in [-0.05, 0) is 18.1 Å². The van der Waals surface area contributed by atoms with Crippen LogP contribution in [0.5, 0.6) is 0 Å². The second kappa shape index (κ2) is 3.41. The third kappa shape index (κ3) is 1.54. The normalized spacial score (nSPS) is 25.5. The molecular formula is C11H12Cl2O. The van der Waals surface area contributed by atoms with E-state index in [9.17, 15) is 0 Å². The molecule has 1 fully saturated rings. The van der Waals surface area contributed by atoms with Gasteiger partial charge in [-0.2, -0.15) is 0 Å². The van der Waals surface area contributed by atoms with Crippen molar-refractivity contribution in [3.8, 4) is 0 Å². The Bertz CT molecular complexity index is 356. The van der Waals surface area contributed by atoms with E-state index >= 15 is 0 Å². The van der Waals surface area contributed by atoms with E-state index < -0.39 is 0 Å². The van der Waals surface area contributed by atoms with Crippen LogP contribution in [0.4, 0.5) is 0 Å². The van der Waals surface area contributed by atoms with Crippen molar-refractivity contribution < 1.29 is 4.74 Å². The summed E-state index contributed by atoms with van der Waals surface area (Å²) < 4.78 is 5.54. The highest BCUT2D eigenvalue weighted by Crippen LogP contribution is 2.48. The highest BCUT2D eigenvalue weighted by Gasteiger charge is 2.50. The van der Waals surface area contributed by atoms with Gasteiger partial charge >= 0.3 is 0 Å². The Hall–Kier alpha value is -0.240. The number of hydrogen-bond donors (Lipinski definition) is 0. The number of epoxide rings is 1. The Morgan fingerprint density at radius 1 is 1.36 bits per heavy atom. The summed E-state index contributed by atoms with van der Waals surface area (Å²) in [6, 6.07) is 5.58. The van der Waals surface area contributed by atoms with Crippen LogP contribution in [-0.2, 0) is 10.3 Å². The van der Waals surface area contributed by atoms with Gasteiger partial charge in [0.2, 0.25) is 0 Å². The SMILES string of the molecule is CC(C)[C@]1(c2ccc(Cl)cc2Cl)CO1. The second-order valence-electron chi connectivity index (χ2n) is 3.96. The van der Waals surface area contributed by atoms with Crippen LogP contribution in [0, 0.1) is 5.92 Å². The molecule has 0 N–H and O–H groups in total. The summed E-state index contributed by atoms with van der Waals surface area (Å²) in [6.07, 6.45) is 0. The van der Waals surface area contributed by atoms with Gasteiger partial charge in [-0.1, -0.05) is 43.1 Å². The van der Waals surface area contributed by atoms with Gasteiger partial charge in [0.15, 0.2) is 0 Å². The average Bonchev–Trinajstić information content (AvgIpc) is 2.84. The van der Waals surface area contributed by atoms with Gasteiger partial charge in [-0.25, -0.2) is 0 Å². The van der Waals surface area contributed by atoms with E-state index in [1.165, 1.54) is 0 Å². The third-order valence-corrected chi connectivity index (χ3v) is 3.32. The van der Waals surface area contributed by atoms with Crippen molar-refractivity contribution in [1.82, 2.24) is 0 Å². The van der Waals surface area contributed by atoms with Gasteiger partial charge in [-0.3, -0.25) is 0 Å². The minimum atomic E-state index is -0.165. The molecule has 0 spiro atoms. The molecule has 0 saturated carbocycles. The van der Waals surface area contributed by atoms with Crippen molar-refractivity contribution in [1.29, 1.82) is 0 Å². The highest BCUT2D eigenvalue weighted by atomic mass is 35.5. The maximum Gasteiger partial charge on any atom is 0.120 e. The van der Waals surface area contributed by atoms with Crippen LogP contribution in [0.2, 0.25) is 10.0 Å². The summed E-state index contributed by atoms with van der Waals surface area (Å²) in [5.41, 5.74) is 0.889. The molecular weight excluding hydrogens is 219 g/mol. The lowest BCUT2D eigenvalue weighted by Gasteiger charge is -2.17. The molecule has 1 aromatic rings. The summed E-state index contributed by atoms with van der Waals surface area (Å²) in [4.78, 5) is 0. The molecule has 76 valence electrons. The molecule has 1 nitrogen and oxygen atoms in total. The Morgan fingerprint density at radius 2 is 2.00 bits per heavy atom. The third-order valence-electron chi connectivity index (χ3n) is 2.78. The van der Waals surface area contributed by atoms with Crippen molar-refractivity contribution in [2.24, 2.45) is 5.92 Å². The zero-order valence-corrected chi connectivity index (χ0v) is 9.69. The molecule has 0 radical (unpaired) electrons. The van der Waals surface area contributed by atoms with Crippen LogP contribution in [0.1, 0.15) is 19.4 Å². The molecule has 1 atom stereocenters. The smallest absolute Gasteiger partial charge is 0.120 e. The standard InChI is InChI=1S/C11H12Cl2O/c1-7(2)11(6-14-11)9-4-3-8(12)5-10(9)13/h3-5,7H,6H2,1-2H3/t11-/m0/s1. The monoisotopic (exact) mass is 230 g/mol. The Balaban J connectivity index is 2.42. The minimum Gasteiger partial charge on any atom is -0.364 e. The van der Waals surface area contributed by atoms with E-state index in [1.54, 1.807) is 6.07 Å². The zero-order valence-electron chi connectivity index (χ0n) is 8.18. The van der Waals surface area contributed by atoms with Gasteiger partial charge < -0.3 is 4.74 Å². The molecule has 1 aliphatic rings. The Kier molecular flexibility index (Phi) is 2.50. The molecule has 0 amide bonds. The van der Waals surface area contributed by atoms with E-state index in [-0.39, 0.29) is 5.60 Å². The number of benzene rings is 1. The summed E-state index contributed by atoms with van der Waals surface area (Å²) in [5.74, 6) is 0.432. The Morgan fingerprint density at radius 3 is 2.43 bits per heavy atom. The van der Waals surface area contributed by atoms with Gasteiger partial charge in [0.25, 0.3) is 0 Å². The van der Waals surface area contributed by atoms with Gasteiger partial charge in [-0.15, -0.1) is 0 Å². The van der Waals surface area contributed by atoms with Gasteiger partial charge in [0, 0.05) is 15.6 Å². The molecule has 0 unspecified atom stereocenters. The molecule has 0 aliphatic carbocycles. The van der Waals surface area contributed by atoms with Crippen LogP contribution in [-0.4, -0.2) is 6.61 Å². The van der Waals surface area contributed by atoms with Crippen LogP contribution in [0.3, 0.4) is 0 Å². The predicted molar refractivity (Wildman–Crippen MR) is 58.9 cm³/mol. The topological polar surface area (TPSA) is 12.5 Å². The van der Waals surface area contributed by atoms with Crippen LogP contribution < -0.4 is 0 Å². The van der Waals surface area contributed by atoms with Crippen molar-refractivity contribution in [3.63, 3.8) is 0 Å². The van der Waals surface area contributed by atoms with Crippen LogP contribution >= 0.6 is 23.2 Å². The maximum atomic E-state index is 6.13. The van der Waals surface area contributed by atoms with Gasteiger partial charge in [0.1, 0.15) is 5.60 Å². The van der Waals surface area contributed by atoms with Crippen molar-refractivity contribution in [2.45, 2.75) is 19.4 Å². The first-order chi connectivity index (χ1) is 6.56. The quantitative estimate of drug-likeness (QED) is 0.703. The molecule has 3 heteroatoms. The van der Waals surface area contributed by atoms with Crippen molar-refractivity contribution >= 4 is 23.2 Å². The summed E-state index contributed by atoms with van der Waals surface area (Å²) in [7, 11) is 0. The number of ether oxygens (including phenoxy) is 1. The first-order valence-electron chi connectivity index (χ1n) is 4.66. The fourth-order valence-corrected chi connectivity index (χ4v) is 2.28. The van der Waals surface area contributed by atoms with Gasteiger partial charge in [0.05, 0.1) is 6.61 Å². The number of halogens is 2. The van der Waals surface area contributed by atoms with Crippen LogP contribution in [0.15, 0.2) is 18.2 Å². The van der Waals surface area contributed by atoms with E-state index in [0.29, 0.717) is 16.0 Å². The summed E-state index contributed by atoms with van der Waals surface area (Å²) in [5, 5.41) is 1.36. The molecule has 14 heavy (non-hydrogen) atoms.